The van der Waals surface area contributed by atoms with Crippen LogP contribution in [0.25, 0.3) is 0 Å². The van der Waals surface area contributed by atoms with E-state index < -0.39 is 0 Å². The standard InChI is InChI=1S/C13H22N4O/c14-16-13-7-4-5-11(15-13)9-17-8-3-1-2-6-12(17)10-18/h4-5,7,12,18H,1-3,6,8-10,14H2,(H,15,16). The summed E-state index contributed by atoms with van der Waals surface area (Å²) in [5, 5.41) is 9.47. The monoisotopic (exact) mass is 250 g/mol. The van der Waals surface area contributed by atoms with E-state index in [9.17, 15) is 5.11 Å². The molecule has 0 amide bonds. The number of aliphatic hydroxyl groups is 1. The normalized spacial score (nSPS) is 21.6. The number of aliphatic hydroxyl groups excluding tert-OH is 1. The van der Waals surface area contributed by atoms with Gasteiger partial charge in [-0.15, -0.1) is 0 Å². The first kappa shape index (κ1) is 13.3. The van der Waals surface area contributed by atoms with Crippen LogP contribution < -0.4 is 11.3 Å². The first-order valence-corrected chi connectivity index (χ1v) is 6.61. The summed E-state index contributed by atoms with van der Waals surface area (Å²) in [6.07, 6.45) is 4.74. The number of likely N-dealkylation sites (tertiary alicyclic amines) is 1. The van der Waals surface area contributed by atoms with Gasteiger partial charge in [-0.3, -0.25) is 4.90 Å². The number of rotatable bonds is 4. The van der Waals surface area contributed by atoms with E-state index in [1.807, 2.05) is 18.2 Å². The number of nitrogen functional groups attached to an aromatic ring is 1. The molecule has 0 spiro atoms. The maximum Gasteiger partial charge on any atom is 0.140 e. The van der Waals surface area contributed by atoms with Gasteiger partial charge in [0.25, 0.3) is 0 Å². The van der Waals surface area contributed by atoms with Gasteiger partial charge in [-0.05, 0) is 31.5 Å². The zero-order valence-corrected chi connectivity index (χ0v) is 10.7. The van der Waals surface area contributed by atoms with Crippen LogP contribution in [0.3, 0.4) is 0 Å². The lowest BCUT2D eigenvalue weighted by atomic mass is 10.1. The van der Waals surface area contributed by atoms with Crippen LogP contribution in [0.15, 0.2) is 18.2 Å². The van der Waals surface area contributed by atoms with Crippen LogP contribution in [-0.2, 0) is 6.54 Å². The highest BCUT2D eigenvalue weighted by Crippen LogP contribution is 2.18. The molecule has 1 unspecified atom stereocenters. The van der Waals surface area contributed by atoms with Gasteiger partial charge in [0.15, 0.2) is 0 Å². The zero-order chi connectivity index (χ0) is 12.8. The molecule has 5 heteroatoms. The Morgan fingerprint density at radius 2 is 2.28 bits per heavy atom. The quantitative estimate of drug-likeness (QED) is 0.551. The van der Waals surface area contributed by atoms with E-state index in [0.29, 0.717) is 5.82 Å². The van der Waals surface area contributed by atoms with Gasteiger partial charge in [0.05, 0.1) is 12.3 Å². The molecule has 5 nitrogen and oxygen atoms in total. The third kappa shape index (κ3) is 3.41. The minimum Gasteiger partial charge on any atom is -0.395 e. The Labute approximate surface area is 108 Å². The molecular weight excluding hydrogens is 228 g/mol. The fourth-order valence-electron chi connectivity index (χ4n) is 2.51. The van der Waals surface area contributed by atoms with Crippen molar-refractivity contribution < 1.29 is 5.11 Å². The number of hydrogen-bond acceptors (Lipinski definition) is 5. The van der Waals surface area contributed by atoms with E-state index in [-0.39, 0.29) is 12.6 Å². The smallest absolute Gasteiger partial charge is 0.140 e. The molecule has 18 heavy (non-hydrogen) atoms. The number of nitrogens with two attached hydrogens (primary N) is 1. The second kappa shape index (κ2) is 6.68. The van der Waals surface area contributed by atoms with Crippen molar-refractivity contribution in [3.8, 4) is 0 Å². The molecule has 2 rings (SSSR count). The summed E-state index contributed by atoms with van der Waals surface area (Å²) in [6.45, 7) is 2.04. The van der Waals surface area contributed by atoms with Crippen LogP contribution in [0.4, 0.5) is 5.82 Å². The maximum absolute atomic E-state index is 9.47. The fraction of sp³-hybridized carbons (Fsp3) is 0.615. The Bertz CT molecular complexity index is 372. The summed E-state index contributed by atoms with van der Waals surface area (Å²) in [4.78, 5) is 6.75. The highest BCUT2D eigenvalue weighted by molar-refractivity contribution is 5.33. The summed E-state index contributed by atoms with van der Waals surface area (Å²) < 4.78 is 0. The molecule has 0 aliphatic carbocycles. The summed E-state index contributed by atoms with van der Waals surface area (Å²) in [5.74, 6) is 6.05. The van der Waals surface area contributed by atoms with E-state index in [1.54, 1.807) is 0 Å². The lowest BCUT2D eigenvalue weighted by Gasteiger charge is -2.28. The highest BCUT2D eigenvalue weighted by atomic mass is 16.3. The lowest BCUT2D eigenvalue weighted by molar-refractivity contribution is 0.117. The molecule has 0 bridgehead atoms. The van der Waals surface area contributed by atoms with Crippen LogP contribution in [0.1, 0.15) is 31.4 Å². The summed E-state index contributed by atoms with van der Waals surface area (Å²) in [5.41, 5.74) is 3.55. The Morgan fingerprint density at radius 3 is 3.06 bits per heavy atom. The summed E-state index contributed by atoms with van der Waals surface area (Å²) >= 11 is 0. The Morgan fingerprint density at radius 1 is 1.39 bits per heavy atom. The highest BCUT2D eigenvalue weighted by Gasteiger charge is 2.20. The van der Waals surface area contributed by atoms with Crippen LogP contribution in [-0.4, -0.2) is 34.2 Å². The minimum absolute atomic E-state index is 0.231. The van der Waals surface area contributed by atoms with Crippen molar-refractivity contribution in [2.75, 3.05) is 18.6 Å². The average molecular weight is 250 g/mol. The first-order valence-electron chi connectivity index (χ1n) is 6.61. The van der Waals surface area contributed by atoms with Crippen LogP contribution in [0.2, 0.25) is 0 Å². The molecule has 1 aliphatic rings. The Balaban J connectivity index is 2.05. The van der Waals surface area contributed by atoms with Gasteiger partial charge < -0.3 is 10.5 Å². The van der Waals surface area contributed by atoms with E-state index in [1.165, 1.54) is 19.3 Å². The predicted octanol–water partition coefficient (Wildman–Crippen LogP) is 1.10. The molecule has 4 N–H and O–H groups in total. The lowest BCUT2D eigenvalue weighted by Crippen LogP contribution is -2.37. The van der Waals surface area contributed by atoms with Crippen molar-refractivity contribution in [1.82, 2.24) is 9.88 Å². The van der Waals surface area contributed by atoms with Gasteiger partial charge in [-0.1, -0.05) is 18.9 Å². The second-order valence-corrected chi connectivity index (χ2v) is 4.81. The fourth-order valence-corrected chi connectivity index (χ4v) is 2.51. The molecule has 0 saturated carbocycles. The van der Waals surface area contributed by atoms with Crippen molar-refractivity contribution in [3.63, 3.8) is 0 Å². The molecule has 1 saturated heterocycles. The van der Waals surface area contributed by atoms with Gasteiger partial charge in [0.2, 0.25) is 0 Å². The molecule has 1 aromatic rings. The van der Waals surface area contributed by atoms with Gasteiger partial charge >= 0.3 is 0 Å². The third-order valence-corrected chi connectivity index (χ3v) is 3.53. The van der Waals surface area contributed by atoms with Crippen LogP contribution in [0, 0.1) is 0 Å². The minimum atomic E-state index is 0.231. The van der Waals surface area contributed by atoms with Crippen LogP contribution >= 0.6 is 0 Å². The number of aromatic nitrogens is 1. The second-order valence-electron chi connectivity index (χ2n) is 4.81. The van der Waals surface area contributed by atoms with Crippen molar-refractivity contribution >= 4 is 5.82 Å². The Hall–Kier alpha value is -1.17. The van der Waals surface area contributed by atoms with E-state index in [4.69, 9.17) is 5.84 Å². The topological polar surface area (TPSA) is 74.4 Å². The molecule has 2 heterocycles. The number of pyridine rings is 1. The predicted molar refractivity (Wildman–Crippen MR) is 71.8 cm³/mol. The first-order chi connectivity index (χ1) is 8.83. The molecule has 1 aromatic heterocycles. The van der Waals surface area contributed by atoms with Gasteiger partial charge in [-0.2, -0.15) is 0 Å². The zero-order valence-electron chi connectivity index (χ0n) is 10.7. The van der Waals surface area contributed by atoms with Gasteiger partial charge in [0, 0.05) is 12.6 Å². The third-order valence-electron chi connectivity index (χ3n) is 3.53. The molecular formula is C13H22N4O. The molecule has 1 aliphatic heterocycles. The number of nitrogens with one attached hydrogen (secondary N) is 1. The number of anilines is 1. The molecule has 100 valence electrons. The van der Waals surface area contributed by atoms with Crippen molar-refractivity contribution in [1.29, 1.82) is 0 Å². The molecule has 1 fully saturated rings. The van der Waals surface area contributed by atoms with Gasteiger partial charge in [0.1, 0.15) is 5.82 Å². The van der Waals surface area contributed by atoms with E-state index in [2.05, 4.69) is 15.3 Å². The van der Waals surface area contributed by atoms with Crippen LogP contribution in [0.5, 0.6) is 0 Å². The summed E-state index contributed by atoms with van der Waals surface area (Å²) in [6, 6.07) is 6.06. The maximum atomic E-state index is 9.47. The largest absolute Gasteiger partial charge is 0.395 e. The van der Waals surface area contributed by atoms with Crippen molar-refractivity contribution in [3.05, 3.63) is 23.9 Å². The molecule has 1 atom stereocenters. The summed E-state index contributed by atoms with van der Waals surface area (Å²) in [7, 11) is 0. The Kier molecular flexibility index (Phi) is 4.92. The number of hydrogen-bond donors (Lipinski definition) is 3. The van der Waals surface area contributed by atoms with Crippen molar-refractivity contribution in [2.45, 2.75) is 38.3 Å². The molecule has 0 aromatic carbocycles. The number of nitrogens with zero attached hydrogens (tertiary/aromatic N) is 2. The number of hydrazine groups is 1. The molecule has 0 radical (unpaired) electrons. The average Bonchev–Trinajstić information content (AvgIpc) is 2.64. The van der Waals surface area contributed by atoms with Crippen molar-refractivity contribution in [2.24, 2.45) is 5.84 Å². The van der Waals surface area contributed by atoms with E-state index in [0.717, 1.165) is 25.2 Å². The SMILES string of the molecule is NNc1cccc(CN2CCCCCC2CO)n1. The van der Waals surface area contributed by atoms with Gasteiger partial charge in [-0.25, -0.2) is 10.8 Å². The van der Waals surface area contributed by atoms with E-state index >= 15 is 0 Å².